The topological polar surface area (TPSA) is 75.9 Å². The van der Waals surface area contributed by atoms with Gasteiger partial charge in [-0.15, -0.1) is 0 Å². The van der Waals surface area contributed by atoms with Crippen molar-refractivity contribution in [1.29, 1.82) is 0 Å². The van der Waals surface area contributed by atoms with Crippen LogP contribution in [-0.4, -0.2) is 56.5 Å². The number of methoxy groups -OCH3 is 1. The summed E-state index contributed by atoms with van der Waals surface area (Å²) in [5, 5.41) is 2.97. The van der Waals surface area contributed by atoms with E-state index in [0.29, 0.717) is 18.1 Å². The number of imidazole rings is 1. The molecule has 2 aromatic heterocycles. The van der Waals surface area contributed by atoms with Crippen LogP contribution in [0.1, 0.15) is 0 Å². The molecule has 0 fully saturated rings. The van der Waals surface area contributed by atoms with E-state index >= 15 is 0 Å². The minimum absolute atomic E-state index is 0.134. The fourth-order valence-corrected chi connectivity index (χ4v) is 3.28. The highest BCUT2D eigenvalue weighted by atomic mass is 32.2. The molecule has 110 valence electrons. The van der Waals surface area contributed by atoms with Gasteiger partial charge in [-0.25, -0.2) is 13.4 Å². The molecule has 0 aliphatic heterocycles. The fourth-order valence-electron chi connectivity index (χ4n) is 1.87. The maximum absolute atomic E-state index is 12.7. The van der Waals surface area contributed by atoms with Gasteiger partial charge in [0.2, 0.25) is 0 Å². The van der Waals surface area contributed by atoms with E-state index in [0.717, 1.165) is 0 Å². The van der Waals surface area contributed by atoms with E-state index in [-0.39, 0.29) is 11.6 Å². The highest BCUT2D eigenvalue weighted by Crippen LogP contribution is 2.24. The Labute approximate surface area is 118 Å². The summed E-state index contributed by atoms with van der Waals surface area (Å²) >= 11 is 0. The first-order valence-electron chi connectivity index (χ1n) is 6.12. The number of likely N-dealkylation sites (N-methyl/N-ethyl adjacent to an activating group) is 1. The van der Waals surface area contributed by atoms with E-state index in [1.165, 1.54) is 18.5 Å². The number of aromatic nitrogens is 2. The summed E-state index contributed by atoms with van der Waals surface area (Å²) in [5.74, 6) is 0.334. The van der Waals surface area contributed by atoms with Crippen LogP contribution in [0.3, 0.4) is 0 Å². The Morgan fingerprint density at radius 2 is 2.20 bits per heavy atom. The largest absolute Gasteiger partial charge is 0.383 e. The fraction of sp³-hybridized carbons (Fsp3) is 0.417. The number of nitrogens with one attached hydrogen (secondary N) is 1. The van der Waals surface area contributed by atoms with Gasteiger partial charge in [0.1, 0.15) is 5.65 Å². The van der Waals surface area contributed by atoms with E-state index < -0.39 is 10.0 Å². The molecule has 7 nitrogen and oxygen atoms in total. The summed E-state index contributed by atoms with van der Waals surface area (Å²) in [6.07, 6.45) is 1.68. The van der Waals surface area contributed by atoms with Gasteiger partial charge in [-0.2, -0.15) is 4.31 Å². The van der Waals surface area contributed by atoms with Crippen LogP contribution in [0.5, 0.6) is 0 Å². The molecule has 2 aromatic rings. The van der Waals surface area contributed by atoms with E-state index in [1.54, 1.807) is 29.8 Å². The molecule has 1 N–H and O–H groups in total. The first kappa shape index (κ1) is 14.8. The Balaban J connectivity index is 2.55. The molecule has 20 heavy (non-hydrogen) atoms. The number of anilines is 1. The Morgan fingerprint density at radius 3 is 2.85 bits per heavy atom. The molecule has 0 spiro atoms. The predicted molar refractivity (Wildman–Crippen MR) is 76.4 cm³/mol. The van der Waals surface area contributed by atoms with Crippen LogP contribution >= 0.6 is 0 Å². The van der Waals surface area contributed by atoms with Crippen LogP contribution in [0.25, 0.3) is 5.65 Å². The van der Waals surface area contributed by atoms with Crippen LogP contribution in [0, 0.1) is 0 Å². The van der Waals surface area contributed by atoms with Gasteiger partial charge in [-0.3, -0.25) is 4.40 Å². The van der Waals surface area contributed by atoms with E-state index in [2.05, 4.69) is 10.3 Å². The molecule has 0 aromatic carbocycles. The third-order valence-corrected chi connectivity index (χ3v) is 4.87. The van der Waals surface area contributed by atoms with Gasteiger partial charge >= 0.3 is 0 Å². The van der Waals surface area contributed by atoms with Gasteiger partial charge in [-0.1, -0.05) is 6.07 Å². The van der Waals surface area contributed by atoms with Crippen LogP contribution in [-0.2, 0) is 14.8 Å². The molecular weight excluding hydrogens is 280 g/mol. The minimum atomic E-state index is -3.65. The summed E-state index contributed by atoms with van der Waals surface area (Å²) < 4.78 is 33.1. The lowest BCUT2D eigenvalue weighted by Gasteiger charge is -2.17. The number of sulfonamides is 1. The lowest BCUT2D eigenvalue weighted by atomic mass is 10.5. The van der Waals surface area contributed by atoms with Crippen molar-refractivity contribution in [1.82, 2.24) is 13.7 Å². The molecule has 0 radical (unpaired) electrons. The number of ether oxygens (including phenoxy) is 1. The Bertz CT molecular complexity index is 696. The zero-order valence-electron chi connectivity index (χ0n) is 11.7. The molecule has 2 rings (SSSR count). The second kappa shape index (κ2) is 5.78. The molecule has 0 unspecified atom stereocenters. The maximum atomic E-state index is 12.7. The summed E-state index contributed by atoms with van der Waals surface area (Å²) in [4.78, 5) is 4.27. The van der Waals surface area contributed by atoms with Gasteiger partial charge in [0.05, 0.1) is 6.61 Å². The lowest BCUT2D eigenvalue weighted by Crippen LogP contribution is -2.31. The van der Waals surface area contributed by atoms with Crippen molar-refractivity contribution in [3.63, 3.8) is 0 Å². The van der Waals surface area contributed by atoms with Crippen molar-refractivity contribution in [3.05, 3.63) is 24.4 Å². The zero-order chi connectivity index (χ0) is 14.8. The van der Waals surface area contributed by atoms with Crippen molar-refractivity contribution in [2.24, 2.45) is 0 Å². The van der Waals surface area contributed by atoms with E-state index in [4.69, 9.17) is 4.74 Å². The molecule has 0 saturated carbocycles. The number of hydrogen-bond acceptors (Lipinski definition) is 5. The number of nitrogens with zero attached hydrogens (tertiary/aromatic N) is 3. The lowest BCUT2D eigenvalue weighted by molar-refractivity contribution is 0.185. The smallest absolute Gasteiger partial charge is 0.262 e. The van der Waals surface area contributed by atoms with Crippen LogP contribution in [0.4, 0.5) is 5.82 Å². The molecule has 0 aliphatic rings. The molecule has 0 bridgehead atoms. The average molecular weight is 298 g/mol. The maximum Gasteiger partial charge on any atom is 0.262 e. The zero-order valence-corrected chi connectivity index (χ0v) is 12.5. The van der Waals surface area contributed by atoms with Gasteiger partial charge in [-0.05, 0) is 12.1 Å². The summed E-state index contributed by atoms with van der Waals surface area (Å²) in [5.41, 5.74) is 0.579. The monoisotopic (exact) mass is 298 g/mol. The molecule has 0 amide bonds. The predicted octanol–water partition coefficient (Wildman–Crippen LogP) is 0.643. The van der Waals surface area contributed by atoms with Gasteiger partial charge < -0.3 is 10.1 Å². The third kappa shape index (κ3) is 2.49. The molecular formula is C12H18N4O3S. The molecule has 8 heteroatoms. The Kier molecular flexibility index (Phi) is 4.26. The summed E-state index contributed by atoms with van der Waals surface area (Å²) in [6.45, 7) is 0.614. The van der Waals surface area contributed by atoms with Crippen molar-refractivity contribution in [2.45, 2.75) is 5.03 Å². The Morgan fingerprint density at radius 1 is 1.45 bits per heavy atom. The molecule has 0 atom stereocenters. The molecule has 0 saturated heterocycles. The first-order chi connectivity index (χ1) is 9.52. The summed E-state index contributed by atoms with van der Waals surface area (Å²) in [6, 6.07) is 5.34. The first-order valence-corrected chi connectivity index (χ1v) is 7.56. The van der Waals surface area contributed by atoms with Crippen molar-refractivity contribution in [2.75, 3.05) is 39.7 Å². The standard InChI is InChI=1S/C12H18N4O3S/c1-13-11-12(16-7-5-4-6-10(16)14-11)20(17,18)15(2)8-9-19-3/h4-7,13H,8-9H2,1-3H3. The summed E-state index contributed by atoms with van der Waals surface area (Å²) in [7, 11) is 1.06. The van der Waals surface area contributed by atoms with Crippen LogP contribution in [0.2, 0.25) is 0 Å². The number of fused-ring (bicyclic) bond motifs is 1. The second-order valence-corrected chi connectivity index (χ2v) is 6.22. The normalized spacial score (nSPS) is 12.2. The van der Waals surface area contributed by atoms with E-state index in [9.17, 15) is 8.42 Å². The Hall–Kier alpha value is -1.64. The highest BCUT2D eigenvalue weighted by Gasteiger charge is 2.28. The average Bonchev–Trinajstić information content (AvgIpc) is 2.83. The van der Waals surface area contributed by atoms with Gasteiger partial charge in [0, 0.05) is 33.9 Å². The molecule has 2 heterocycles. The minimum Gasteiger partial charge on any atom is -0.383 e. The second-order valence-electron chi connectivity index (χ2n) is 4.26. The highest BCUT2D eigenvalue weighted by molar-refractivity contribution is 7.89. The number of pyridine rings is 1. The van der Waals surface area contributed by atoms with E-state index in [1.807, 2.05) is 6.07 Å². The van der Waals surface area contributed by atoms with Crippen molar-refractivity contribution >= 4 is 21.5 Å². The van der Waals surface area contributed by atoms with Crippen molar-refractivity contribution in [3.8, 4) is 0 Å². The number of hydrogen-bond donors (Lipinski definition) is 1. The third-order valence-electron chi connectivity index (χ3n) is 2.99. The quantitative estimate of drug-likeness (QED) is 0.847. The molecule has 0 aliphatic carbocycles. The van der Waals surface area contributed by atoms with Gasteiger partial charge in [0.15, 0.2) is 10.8 Å². The SMILES string of the molecule is CNc1nc2ccccn2c1S(=O)(=O)N(C)CCOC. The van der Waals surface area contributed by atoms with Gasteiger partial charge in [0.25, 0.3) is 10.0 Å². The van der Waals surface area contributed by atoms with Crippen LogP contribution < -0.4 is 5.32 Å². The van der Waals surface area contributed by atoms with Crippen molar-refractivity contribution < 1.29 is 13.2 Å². The van der Waals surface area contributed by atoms with Crippen LogP contribution in [0.15, 0.2) is 29.4 Å². The number of rotatable bonds is 6.